The largest absolute Gasteiger partial charge is 0.342 e. The zero-order chi connectivity index (χ0) is 15.4. The minimum absolute atomic E-state index is 0.0397. The van der Waals surface area contributed by atoms with Gasteiger partial charge in [-0.2, -0.15) is 0 Å². The molecule has 0 spiro atoms. The summed E-state index contributed by atoms with van der Waals surface area (Å²) < 4.78 is 13.9. The van der Waals surface area contributed by atoms with Crippen molar-refractivity contribution >= 4 is 27.6 Å². The number of nitrogens with one attached hydrogen (secondary N) is 1. The average Bonchev–Trinajstić information content (AvgIpc) is 2.48. The molecule has 0 aliphatic rings. The van der Waals surface area contributed by atoms with Gasteiger partial charge >= 0.3 is 0 Å². The predicted octanol–water partition coefficient (Wildman–Crippen LogP) is 2.19. The normalized spacial score (nSPS) is 10.2. The van der Waals surface area contributed by atoms with Crippen LogP contribution < -0.4 is 5.32 Å². The molecule has 2 aromatic rings. The fraction of sp³-hybridized carbons (Fsp3) is 0.143. The molecule has 1 N–H and O–H groups in total. The Morgan fingerprint density at radius 1 is 1.29 bits per heavy atom. The van der Waals surface area contributed by atoms with Crippen LogP contribution in [0.2, 0.25) is 0 Å². The van der Waals surface area contributed by atoms with Gasteiger partial charge in [-0.25, -0.2) is 14.4 Å². The smallest absolute Gasteiger partial charge is 0.292 e. The second-order valence-corrected chi connectivity index (χ2v) is 5.21. The number of nitrogens with zero attached hydrogens (tertiary/aromatic N) is 2. The van der Waals surface area contributed by atoms with Crippen LogP contribution in [0.15, 0.2) is 35.1 Å². The lowest BCUT2D eigenvalue weighted by molar-refractivity contribution is -0.117. The van der Waals surface area contributed by atoms with Crippen LogP contribution in [0, 0.1) is 12.7 Å². The summed E-state index contributed by atoms with van der Waals surface area (Å²) in [4.78, 5) is 31.6. The third kappa shape index (κ3) is 3.91. The molecule has 0 aliphatic heterocycles. The first-order valence-corrected chi connectivity index (χ1v) is 6.82. The summed E-state index contributed by atoms with van der Waals surface area (Å²) >= 11 is 3.19. The van der Waals surface area contributed by atoms with Gasteiger partial charge in [0.2, 0.25) is 5.78 Å². The second kappa shape index (κ2) is 6.53. The van der Waals surface area contributed by atoms with Crippen molar-refractivity contribution in [2.24, 2.45) is 0 Å². The Morgan fingerprint density at radius 3 is 2.57 bits per heavy atom. The Hall–Kier alpha value is -2.15. The summed E-state index contributed by atoms with van der Waals surface area (Å²) in [6.45, 7) is 1.57. The SMILES string of the molecule is Cc1cc(C(=O)C(=O)NCc2ncc(Br)cn2)ccc1F. The summed E-state index contributed by atoms with van der Waals surface area (Å²) in [5, 5.41) is 2.43. The highest BCUT2D eigenvalue weighted by Gasteiger charge is 2.17. The van der Waals surface area contributed by atoms with Gasteiger partial charge in [0.15, 0.2) is 0 Å². The van der Waals surface area contributed by atoms with Crippen molar-refractivity contribution in [3.8, 4) is 0 Å². The second-order valence-electron chi connectivity index (χ2n) is 4.29. The van der Waals surface area contributed by atoms with Crippen molar-refractivity contribution in [2.45, 2.75) is 13.5 Å². The Bertz CT molecular complexity index is 689. The van der Waals surface area contributed by atoms with E-state index in [1.54, 1.807) is 12.4 Å². The van der Waals surface area contributed by atoms with Crippen molar-refractivity contribution in [1.29, 1.82) is 0 Å². The van der Waals surface area contributed by atoms with Crippen LogP contribution in [0.25, 0.3) is 0 Å². The highest BCUT2D eigenvalue weighted by molar-refractivity contribution is 9.10. The first kappa shape index (κ1) is 15.2. The lowest BCUT2D eigenvalue weighted by Gasteiger charge is -2.05. The van der Waals surface area contributed by atoms with E-state index in [0.29, 0.717) is 11.4 Å². The third-order valence-electron chi connectivity index (χ3n) is 2.71. The number of Topliss-reactive ketones (excluding diaryl/α,β-unsaturated/α-hetero) is 1. The number of carbonyl (C=O) groups excluding carboxylic acids is 2. The molecular formula is C14H11BrFN3O2. The summed E-state index contributed by atoms with van der Waals surface area (Å²) in [6, 6.07) is 3.78. The fourth-order valence-corrected chi connectivity index (χ4v) is 1.79. The Kier molecular flexibility index (Phi) is 4.74. The maximum Gasteiger partial charge on any atom is 0.292 e. The number of hydrogen-bond donors (Lipinski definition) is 1. The lowest BCUT2D eigenvalue weighted by atomic mass is 10.1. The molecule has 0 saturated carbocycles. The van der Waals surface area contributed by atoms with Crippen LogP contribution in [-0.2, 0) is 11.3 Å². The van der Waals surface area contributed by atoms with Crippen molar-refractivity contribution < 1.29 is 14.0 Å². The number of ketones is 1. The van der Waals surface area contributed by atoms with Crippen molar-refractivity contribution in [1.82, 2.24) is 15.3 Å². The molecule has 1 aromatic carbocycles. The van der Waals surface area contributed by atoms with E-state index in [0.717, 1.165) is 10.5 Å². The van der Waals surface area contributed by atoms with Gasteiger partial charge in [-0.15, -0.1) is 0 Å². The van der Waals surface area contributed by atoms with Gasteiger partial charge in [0.05, 0.1) is 11.0 Å². The van der Waals surface area contributed by atoms with Crippen LogP contribution in [0.3, 0.4) is 0 Å². The number of carbonyl (C=O) groups is 2. The van der Waals surface area contributed by atoms with Gasteiger partial charge in [-0.05, 0) is 46.6 Å². The zero-order valence-electron chi connectivity index (χ0n) is 11.1. The molecule has 1 aromatic heterocycles. The third-order valence-corrected chi connectivity index (χ3v) is 3.12. The molecule has 0 bridgehead atoms. The number of aryl methyl sites for hydroxylation is 1. The molecule has 1 heterocycles. The van der Waals surface area contributed by atoms with Gasteiger partial charge < -0.3 is 5.32 Å². The van der Waals surface area contributed by atoms with E-state index in [-0.39, 0.29) is 12.1 Å². The van der Waals surface area contributed by atoms with E-state index in [9.17, 15) is 14.0 Å². The quantitative estimate of drug-likeness (QED) is 0.676. The number of halogens is 2. The molecule has 1 amide bonds. The van der Waals surface area contributed by atoms with Crippen LogP contribution >= 0.6 is 15.9 Å². The highest BCUT2D eigenvalue weighted by atomic mass is 79.9. The molecule has 0 unspecified atom stereocenters. The standard InChI is InChI=1S/C14H11BrFN3O2/c1-8-4-9(2-3-11(8)16)13(20)14(21)19-7-12-17-5-10(15)6-18-12/h2-6H,7H2,1H3,(H,19,21). The first-order chi connectivity index (χ1) is 9.97. The van der Waals surface area contributed by atoms with Gasteiger partial charge in [-0.1, -0.05) is 0 Å². The molecule has 2 rings (SSSR count). The van der Waals surface area contributed by atoms with E-state index in [2.05, 4.69) is 31.2 Å². The molecule has 21 heavy (non-hydrogen) atoms. The molecule has 0 atom stereocenters. The molecule has 0 aliphatic carbocycles. The molecule has 0 radical (unpaired) electrons. The van der Waals surface area contributed by atoms with Crippen LogP contribution in [0.1, 0.15) is 21.7 Å². The van der Waals surface area contributed by atoms with Gasteiger partial charge in [-0.3, -0.25) is 9.59 Å². The minimum Gasteiger partial charge on any atom is -0.342 e. The average molecular weight is 352 g/mol. The Balaban J connectivity index is 2.00. The van der Waals surface area contributed by atoms with Crippen molar-refractivity contribution in [3.63, 3.8) is 0 Å². The number of hydrogen-bond acceptors (Lipinski definition) is 4. The molecular weight excluding hydrogens is 341 g/mol. The fourth-order valence-electron chi connectivity index (χ4n) is 1.59. The maximum atomic E-state index is 13.1. The summed E-state index contributed by atoms with van der Waals surface area (Å²) in [7, 11) is 0. The number of rotatable bonds is 4. The van der Waals surface area contributed by atoms with Gasteiger partial charge in [0, 0.05) is 18.0 Å². The monoisotopic (exact) mass is 351 g/mol. The zero-order valence-corrected chi connectivity index (χ0v) is 12.6. The minimum atomic E-state index is -0.785. The number of aromatic nitrogens is 2. The lowest BCUT2D eigenvalue weighted by Crippen LogP contribution is -2.31. The summed E-state index contributed by atoms with van der Waals surface area (Å²) in [5.74, 6) is -1.55. The van der Waals surface area contributed by atoms with Crippen LogP contribution in [0.4, 0.5) is 4.39 Å². The molecule has 108 valence electrons. The highest BCUT2D eigenvalue weighted by Crippen LogP contribution is 2.10. The predicted molar refractivity (Wildman–Crippen MR) is 77.0 cm³/mol. The van der Waals surface area contributed by atoms with E-state index < -0.39 is 17.5 Å². The molecule has 0 saturated heterocycles. The van der Waals surface area contributed by atoms with Crippen LogP contribution in [-0.4, -0.2) is 21.7 Å². The van der Waals surface area contributed by atoms with Crippen molar-refractivity contribution in [3.05, 3.63) is 57.8 Å². The number of amides is 1. The first-order valence-electron chi connectivity index (χ1n) is 6.02. The van der Waals surface area contributed by atoms with E-state index in [1.165, 1.54) is 19.1 Å². The Labute approximate surface area is 128 Å². The summed E-state index contributed by atoms with van der Waals surface area (Å²) in [5.41, 5.74) is 0.452. The van der Waals surface area contributed by atoms with E-state index >= 15 is 0 Å². The summed E-state index contributed by atoms with van der Waals surface area (Å²) in [6.07, 6.45) is 3.08. The van der Waals surface area contributed by atoms with E-state index in [1.807, 2.05) is 0 Å². The van der Waals surface area contributed by atoms with Crippen molar-refractivity contribution in [2.75, 3.05) is 0 Å². The van der Waals surface area contributed by atoms with Crippen LogP contribution in [0.5, 0.6) is 0 Å². The van der Waals surface area contributed by atoms with Gasteiger partial charge in [0.25, 0.3) is 5.91 Å². The van der Waals surface area contributed by atoms with Gasteiger partial charge in [0.1, 0.15) is 11.6 Å². The Morgan fingerprint density at radius 2 is 1.95 bits per heavy atom. The van der Waals surface area contributed by atoms with E-state index in [4.69, 9.17) is 0 Å². The molecule has 0 fully saturated rings. The molecule has 5 nitrogen and oxygen atoms in total. The maximum absolute atomic E-state index is 13.1. The topological polar surface area (TPSA) is 72.0 Å². The number of benzene rings is 1. The molecule has 7 heteroatoms.